The molecule has 34 heavy (non-hydrogen) atoms. The third kappa shape index (κ3) is 5.03. The molecule has 178 valence electrons. The number of nitrogens with zero attached hydrogens (tertiary/aromatic N) is 4. The lowest BCUT2D eigenvalue weighted by Gasteiger charge is -2.28. The van der Waals surface area contributed by atoms with Gasteiger partial charge in [0.1, 0.15) is 12.6 Å². The van der Waals surface area contributed by atoms with Crippen LogP contribution >= 0.6 is 0 Å². The van der Waals surface area contributed by atoms with Crippen LogP contribution in [0.15, 0.2) is 59.8 Å². The zero-order chi connectivity index (χ0) is 23.9. The Morgan fingerprint density at radius 3 is 2.68 bits per heavy atom. The van der Waals surface area contributed by atoms with E-state index in [0.717, 1.165) is 24.0 Å². The molecule has 1 unspecified atom stereocenters. The molecule has 9 nitrogen and oxygen atoms in total. The molecule has 2 aromatic carbocycles. The summed E-state index contributed by atoms with van der Waals surface area (Å²) in [6.07, 6.45) is 1.99. The molecule has 1 aromatic heterocycles. The van der Waals surface area contributed by atoms with Gasteiger partial charge in [0, 0.05) is 5.70 Å². The fourth-order valence-corrected chi connectivity index (χ4v) is 3.79. The Kier molecular flexibility index (Phi) is 7.41. The van der Waals surface area contributed by atoms with Gasteiger partial charge in [0.15, 0.2) is 11.5 Å². The Bertz CT molecular complexity index is 1160. The number of nitrogens with one attached hydrogen (secondary N) is 1. The maximum Gasteiger partial charge on any atom is 0.338 e. The van der Waals surface area contributed by atoms with E-state index in [1.54, 1.807) is 4.68 Å². The van der Waals surface area contributed by atoms with Crippen molar-refractivity contribution in [2.45, 2.75) is 46.3 Å². The number of allylic oxidation sites excluding steroid dienone is 1. The smallest absolute Gasteiger partial charge is 0.338 e. The van der Waals surface area contributed by atoms with Gasteiger partial charge < -0.3 is 19.5 Å². The van der Waals surface area contributed by atoms with Crippen LogP contribution in [0.4, 0.5) is 5.95 Å². The average molecular weight is 464 g/mol. The highest BCUT2D eigenvalue weighted by atomic mass is 16.5. The standard InChI is InChI=1S/C25H29N5O4/c1-4-6-14-33-20-13-12-19(15-21(20)32-5-2)23-22(17(3)26-25-27-28-29-30(23)25)24(31)34-16-18-10-8-7-9-11-18/h7-13,15,23H,4-6,14,16H2,1-3H3,(H,26,27,29). The minimum absolute atomic E-state index is 0.167. The van der Waals surface area contributed by atoms with Gasteiger partial charge in [-0.2, -0.15) is 4.68 Å². The Morgan fingerprint density at radius 2 is 1.91 bits per heavy atom. The quantitative estimate of drug-likeness (QED) is 0.351. The normalized spacial score (nSPS) is 14.9. The van der Waals surface area contributed by atoms with E-state index in [1.807, 2.05) is 62.4 Å². The van der Waals surface area contributed by atoms with Crippen LogP contribution < -0.4 is 14.8 Å². The molecule has 0 saturated carbocycles. The predicted octanol–water partition coefficient (Wildman–Crippen LogP) is 4.28. The topological polar surface area (TPSA) is 100 Å². The van der Waals surface area contributed by atoms with Crippen molar-refractivity contribution in [3.05, 3.63) is 70.9 Å². The van der Waals surface area contributed by atoms with E-state index in [1.165, 1.54) is 0 Å². The van der Waals surface area contributed by atoms with Crippen LogP contribution in [-0.4, -0.2) is 39.4 Å². The van der Waals surface area contributed by atoms with E-state index in [4.69, 9.17) is 14.2 Å². The van der Waals surface area contributed by atoms with Gasteiger partial charge in [-0.15, -0.1) is 0 Å². The minimum atomic E-state index is -0.585. The lowest BCUT2D eigenvalue weighted by molar-refractivity contribution is -0.140. The third-order valence-corrected chi connectivity index (χ3v) is 5.49. The highest BCUT2D eigenvalue weighted by Gasteiger charge is 2.35. The lowest BCUT2D eigenvalue weighted by atomic mass is 9.95. The molecule has 9 heteroatoms. The maximum absolute atomic E-state index is 13.3. The Hall–Kier alpha value is -3.88. The Morgan fingerprint density at radius 1 is 1.09 bits per heavy atom. The number of esters is 1. The first-order chi connectivity index (χ1) is 16.6. The SMILES string of the molecule is CCCCOc1ccc(C2C(C(=O)OCc3ccccc3)=C(C)Nc3nnnn32)cc1OCC. The first-order valence-electron chi connectivity index (χ1n) is 11.5. The minimum Gasteiger partial charge on any atom is -0.490 e. The van der Waals surface area contributed by atoms with Crippen molar-refractivity contribution in [3.63, 3.8) is 0 Å². The van der Waals surface area contributed by atoms with E-state index in [0.29, 0.717) is 41.9 Å². The number of benzene rings is 2. The first kappa shape index (κ1) is 23.3. The summed E-state index contributed by atoms with van der Waals surface area (Å²) in [6, 6.07) is 14.6. The Labute approximate surface area is 198 Å². The maximum atomic E-state index is 13.3. The summed E-state index contributed by atoms with van der Waals surface area (Å²) in [6.45, 7) is 7.11. The highest BCUT2D eigenvalue weighted by Crippen LogP contribution is 2.39. The predicted molar refractivity (Wildman–Crippen MR) is 127 cm³/mol. The molecule has 0 amide bonds. The summed E-state index contributed by atoms with van der Waals surface area (Å²) in [5, 5.41) is 15.1. The van der Waals surface area contributed by atoms with Gasteiger partial charge in [-0.25, -0.2) is 4.79 Å². The van der Waals surface area contributed by atoms with Gasteiger partial charge in [0.25, 0.3) is 0 Å². The molecule has 0 radical (unpaired) electrons. The zero-order valence-corrected chi connectivity index (χ0v) is 19.7. The number of tetrazole rings is 1. The number of anilines is 1. The molecule has 0 saturated heterocycles. The number of rotatable bonds is 10. The van der Waals surface area contributed by atoms with Crippen LogP contribution in [0.1, 0.15) is 50.8 Å². The van der Waals surface area contributed by atoms with Gasteiger partial charge in [0.05, 0.1) is 18.8 Å². The van der Waals surface area contributed by atoms with Gasteiger partial charge in [-0.05, 0) is 54.0 Å². The Balaban J connectivity index is 1.67. The summed E-state index contributed by atoms with van der Waals surface area (Å²) >= 11 is 0. The number of carbonyl (C=O) groups excluding carboxylic acids is 1. The molecule has 2 heterocycles. The van der Waals surface area contributed by atoms with Gasteiger partial charge in [-0.1, -0.05) is 54.8 Å². The fraction of sp³-hybridized carbons (Fsp3) is 0.360. The van der Waals surface area contributed by atoms with Crippen molar-refractivity contribution in [1.82, 2.24) is 20.2 Å². The molecular weight excluding hydrogens is 434 g/mol. The van der Waals surface area contributed by atoms with Crippen molar-refractivity contribution in [1.29, 1.82) is 0 Å². The molecule has 1 N–H and O–H groups in total. The number of ether oxygens (including phenoxy) is 3. The number of hydrogen-bond acceptors (Lipinski definition) is 8. The molecule has 3 aromatic rings. The molecule has 0 spiro atoms. The number of hydrogen-bond donors (Lipinski definition) is 1. The third-order valence-electron chi connectivity index (χ3n) is 5.49. The van der Waals surface area contributed by atoms with E-state index in [-0.39, 0.29) is 6.61 Å². The molecule has 0 aliphatic carbocycles. The van der Waals surface area contributed by atoms with Crippen LogP contribution in [0.5, 0.6) is 11.5 Å². The number of unbranched alkanes of at least 4 members (excludes halogenated alkanes) is 1. The van der Waals surface area contributed by atoms with Crippen LogP contribution in [0.3, 0.4) is 0 Å². The van der Waals surface area contributed by atoms with E-state index in [2.05, 4.69) is 27.8 Å². The van der Waals surface area contributed by atoms with Crippen molar-refractivity contribution >= 4 is 11.9 Å². The van der Waals surface area contributed by atoms with Crippen molar-refractivity contribution in [3.8, 4) is 11.5 Å². The summed E-state index contributed by atoms with van der Waals surface area (Å²) in [5.41, 5.74) is 2.75. The molecule has 0 fully saturated rings. The van der Waals surface area contributed by atoms with E-state index in [9.17, 15) is 4.79 Å². The van der Waals surface area contributed by atoms with Crippen LogP contribution in [-0.2, 0) is 16.1 Å². The van der Waals surface area contributed by atoms with Crippen LogP contribution in [0.25, 0.3) is 0 Å². The molecule has 4 rings (SSSR count). The highest BCUT2D eigenvalue weighted by molar-refractivity contribution is 5.92. The first-order valence-corrected chi connectivity index (χ1v) is 11.5. The van der Waals surface area contributed by atoms with Crippen molar-refractivity contribution in [2.24, 2.45) is 0 Å². The monoisotopic (exact) mass is 463 g/mol. The lowest BCUT2D eigenvalue weighted by Crippen LogP contribution is -2.29. The molecule has 1 aliphatic heterocycles. The van der Waals surface area contributed by atoms with Gasteiger partial charge >= 0.3 is 5.97 Å². The van der Waals surface area contributed by atoms with Crippen LogP contribution in [0.2, 0.25) is 0 Å². The zero-order valence-electron chi connectivity index (χ0n) is 19.7. The van der Waals surface area contributed by atoms with Gasteiger partial charge in [0.2, 0.25) is 5.95 Å². The molecule has 1 aliphatic rings. The second-order valence-corrected chi connectivity index (χ2v) is 7.92. The summed E-state index contributed by atoms with van der Waals surface area (Å²) in [4.78, 5) is 13.3. The molecular formula is C25H29N5O4. The van der Waals surface area contributed by atoms with Crippen molar-refractivity contribution in [2.75, 3.05) is 18.5 Å². The van der Waals surface area contributed by atoms with Crippen molar-refractivity contribution < 1.29 is 19.0 Å². The number of fused-ring (bicyclic) bond motifs is 1. The summed E-state index contributed by atoms with van der Waals surface area (Å²) in [5.74, 6) is 1.28. The molecule has 1 atom stereocenters. The largest absolute Gasteiger partial charge is 0.490 e. The number of carbonyl (C=O) groups is 1. The second kappa shape index (κ2) is 10.8. The molecule has 0 bridgehead atoms. The summed E-state index contributed by atoms with van der Waals surface area (Å²) in [7, 11) is 0. The van der Waals surface area contributed by atoms with Gasteiger partial charge in [-0.3, -0.25) is 0 Å². The second-order valence-electron chi connectivity index (χ2n) is 7.92. The summed E-state index contributed by atoms with van der Waals surface area (Å²) < 4.78 is 19.0. The van der Waals surface area contributed by atoms with E-state index >= 15 is 0 Å². The average Bonchev–Trinajstić information content (AvgIpc) is 3.31. The fourth-order valence-electron chi connectivity index (χ4n) is 3.79. The van der Waals surface area contributed by atoms with Crippen LogP contribution in [0, 0.1) is 0 Å². The van der Waals surface area contributed by atoms with E-state index < -0.39 is 12.0 Å². The number of aromatic nitrogens is 4.